The molecule has 0 amide bonds. The van der Waals surface area contributed by atoms with Crippen molar-refractivity contribution < 1.29 is 31.7 Å². The summed E-state index contributed by atoms with van der Waals surface area (Å²) in [5.74, 6) is 1.20. The van der Waals surface area contributed by atoms with E-state index in [1.54, 1.807) is 12.4 Å². The molecule has 1 heterocycles. The van der Waals surface area contributed by atoms with E-state index in [-0.39, 0.29) is 32.3 Å². The molecular weight excluding hydrogens is 652 g/mol. The molecule has 0 spiro atoms. The fourth-order valence-corrected chi connectivity index (χ4v) is 6.47. The maximum absolute atomic E-state index is 11.9. The molecule has 1 atom stereocenters. The van der Waals surface area contributed by atoms with Crippen molar-refractivity contribution in [2.24, 2.45) is 0 Å². The summed E-state index contributed by atoms with van der Waals surface area (Å²) in [6.07, 6.45) is 3.15. The lowest BCUT2D eigenvalue weighted by molar-refractivity contribution is 0.171. The molecule has 2 aromatic rings. The third kappa shape index (κ3) is 12.1. The Morgan fingerprint density at radius 2 is 1.59 bits per heavy atom. The average molecular weight is 684 g/mol. The first-order valence-corrected chi connectivity index (χ1v) is 16.9. The Labute approximate surface area is 255 Å². The van der Waals surface area contributed by atoms with Gasteiger partial charge in [-0.1, -0.05) is 67.2 Å². The molecule has 16 heteroatoms. The van der Waals surface area contributed by atoms with Crippen molar-refractivity contribution in [3.05, 3.63) is 56.5 Å². The number of phosphoric ester groups is 1. The average Bonchev–Trinajstić information content (AvgIpc) is 2.84. The van der Waals surface area contributed by atoms with E-state index in [1.165, 1.54) is 26.4 Å². The number of halogens is 4. The highest BCUT2D eigenvalue weighted by molar-refractivity contribution is 8.07. The molecule has 2 rings (SSSR count). The molecule has 0 aliphatic heterocycles. The van der Waals surface area contributed by atoms with Gasteiger partial charge in [-0.2, -0.15) is 0 Å². The molecule has 9 nitrogen and oxygen atoms in total. The molecule has 220 valence electrons. The lowest BCUT2D eigenvalue weighted by Gasteiger charge is -2.23. The third-order valence-electron chi connectivity index (χ3n) is 4.18. The summed E-state index contributed by atoms with van der Waals surface area (Å²) in [4.78, 5) is 8.60. The van der Waals surface area contributed by atoms with Gasteiger partial charge in [-0.15, -0.1) is 0 Å². The summed E-state index contributed by atoms with van der Waals surface area (Å²) in [5, 5.41) is 0.733. The zero-order valence-electron chi connectivity index (χ0n) is 22.7. The second kappa shape index (κ2) is 16.2. The lowest BCUT2D eigenvalue weighted by Crippen LogP contribution is -2.15. The van der Waals surface area contributed by atoms with Crippen molar-refractivity contribution in [2.75, 3.05) is 20.8 Å². The molecule has 1 unspecified atom stereocenters. The maximum atomic E-state index is 11.9. The largest absolute Gasteiger partial charge is 0.529 e. The molecule has 0 N–H and O–H groups in total. The minimum absolute atomic E-state index is 0.0164. The van der Waals surface area contributed by atoms with Crippen LogP contribution >= 0.6 is 60.9 Å². The van der Waals surface area contributed by atoms with E-state index in [0.29, 0.717) is 17.9 Å². The molecule has 0 saturated heterocycles. The standard InChI is InChI=1S/C13H23N2O3PS.C10H9Cl4O4P/c1-7-16-19(20,17-10(2)3)18-11-8-14-12(15-9-11)13(4,5)6;1-16-19(15,17-2)18-10(5-11)6-3-8(13)9(14)4-7(6)12/h8-10H,7H2,1-6H3;3-5H,1-2H3/b;10-5-. The Morgan fingerprint density at radius 3 is 2.03 bits per heavy atom. The quantitative estimate of drug-likeness (QED) is 0.129. The lowest BCUT2D eigenvalue weighted by atomic mass is 9.96. The predicted octanol–water partition coefficient (Wildman–Crippen LogP) is 9.44. The first kappa shape index (κ1) is 36.5. The molecule has 0 aliphatic carbocycles. The second-order valence-electron chi connectivity index (χ2n) is 8.73. The predicted molar refractivity (Wildman–Crippen MR) is 162 cm³/mol. The van der Waals surface area contributed by atoms with Crippen LogP contribution < -0.4 is 4.52 Å². The Bertz CT molecular complexity index is 1200. The summed E-state index contributed by atoms with van der Waals surface area (Å²) in [6.45, 7) is 9.43. The highest BCUT2D eigenvalue weighted by atomic mass is 35.5. The Hall–Kier alpha value is -0.480. The topological polar surface area (TPSA) is 98.2 Å². The van der Waals surface area contributed by atoms with Gasteiger partial charge in [0.1, 0.15) is 5.82 Å². The molecule has 0 radical (unpaired) electrons. The van der Waals surface area contributed by atoms with Gasteiger partial charge in [-0.05, 0) is 32.9 Å². The second-order valence-corrected chi connectivity index (χ2v) is 14.9. The van der Waals surface area contributed by atoms with Crippen LogP contribution in [-0.4, -0.2) is 36.9 Å². The van der Waals surface area contributed by atoms with Gasteiger partial charge >= 0.3 is 14.5 Å². The van der Waals surface area contributed by atoms with Crippen molar-refractivity contribution in [2.45, 2.75) is 53.1 Å². The maximum Gasteiger partial charge on any atom is 0.529 e. The van der Waals surface area contributed by atoms with Crippen LogP contribution in [0.25, 0.3) is 5.76 Å². The Morgan fingerprint density at radius 1 is 1.05 bits per heavy atom. The minimum Gasteiger partial charge on any atom is -0.421 e. The van der Waals surface area contributed by atoms with Crippen molar-refractivity contribution in [3.8, 4) is 5.75 Å². The molecule has 0 aliphatic rings. The van der Waals surface area contributed by atoms with E-state index < -0.39 is 14.5 Å². The monoisotopic (exact) mass is 682 g/mol. The molecule has 0 saturated carbocycles. The van der Waals surface area contributed by atoms with Gasteiger partial charge in [-0.25, -0.2) is 14.5 Å². The summed E-state index contributed by atoms with van der Waals surface area (Å²) >= 11 is 28.7. The van der Waals surface area contributed by atoms with E-state index in [9.17, 15) is 4.57 Å². The highest BCUT2D eigenvalue weighted by Crippen LogP contribution is 2.52. The first-order valence-electron chi connectivity index (χ1n) is 11.3. The number of rotatable bonds is 11. The number of benzene rings is 1. The van der Waals surface area contributed by atoms with E-state index in [2.05, 4.69) is 39.8 Å². The molecule has 0 bridgehead atoms. The van der Waals surface area contributed by atoms with Gasteiger partial charge in [0.25, 0.3) is 0 Å². The van der Waals surface area contributed by atoms with Crippen molar-refractivity contribution in [1.82, 2.24) is 9.97 Å². The van der Waals surface area contributed by atoms with Crippen LogP contribution in [0, 0.1) is 0 Å². The number of hydrogen-bond donors (Lipinski definition) is 0. The number of hydrogen-bond acceptors (Lipinski definition) is 10. The van der Waals surface area contributed by atoms with E-state index in [4.69, 9.17) is 76.3 Å². The first-order chi connectivity index (χ1) is 18.0. The summed E-state index contributed by atoms with van der Waals surface area (Å²) in [7, 11) is -1.41. The zero-order chi connectivity index (χ0) is 30.0. The van der Waals surface area contributed by atoms with E-state index in [1.807, 2.05) is 20.8 Å². The minimum atomic E-state index is -3.75. The molecule has 1 aromatic carbocycles. The van der Waals surface area contributed by atoms with Crippen LogP contribution in [0.15, 0.2) is 30.1 Å². The third-order valence-corrected chi connectivity index (χ3v) is 9.21. The van der Waals surface area contributed by atoms with Gasteiger partial charge in [0.15, 0.2) is 11.5 Å². The SMILES string of the molecule is CCOP(=S)(Oc1cnc(C(C)(C)C)nc1)OC(C)C.COP(=O)(OC)O/C(=C\Cl)c1cc(Cl)c(Cl)cc1Cl. The van der Waals surface area contributed by atoms with Crippen molar-refractivity contribution in [3.63, 3.8) is 0 Å². The molecular formula is C23H32Cl4N2O7P2S. The van der Waals surface area contributed by atoms with Gasteiger partial charge in [0.05, 0.1) is 40.2 Å². The number of aromatic nitrogens is 2. The molecule has 1 aromatic heterocycles. The van der Waals surface area contributed by atoms with Crippen LogP contribution in [-0.2, 0) is 44.4 Å². The summed E-state index contributed by atoms with van der Waals surface area (Å²) < 4.78 is 43.0. The fraction of sp³-hybridized carbons (Fsp3) is 0.478. The van der Waals surface area contributed by atoms with Crippen LogP contribution in [0.2, 0.25) is 15.1 Å². The Kier molecular flexibility index (Phi) is 15.2. The normalized spacial score (nSPS) is 13.9. The molecule has 0 fully saturated rings. The fourth-order valence-electron chi connectivity index (χ4n) is 2.48. The highest BCUT2D eigenvalue weighted by Gasteiger charge is 2.28. The number of phosphoric acid groups is 1. The van der Waals surface area contributed by atoms with Crippen LogP contribution in [0.5, 0.6) is 5.75 Å². The van der Waals surface area contributed by atoms with Crippen LogP contribution in [0.3, 0.4) is 0 Å². The van der Waals surface area contributed by atoms with Crippen molar-refractivity contribution >= 4 is 78.5 Å². The van der Waals surface area contributed by atoms with Crippen LogP contribution in [0.4, 0.5) is 0 Å². The van der Waals surface area contributed by atoms with Gasteiger partial charge in [0, 0.05) is 42.5 Å². The number of nitrogens with zero attached hydrogens (tertiary/aromatic N) is 2. The van der Waals surface area contributed by atoms with E-state index in [0.717, 1.165) is 11.4 Å². The van der Waals surface area contributed by atoms with E-state index >= 15 is 0 Å². The van der Waals surface area contributed by atoms with Gasteiger partial charge < -0.3 is 9.05 Å². The smallest absolute Gasteiger partial charge is 0.421 e. The van der Waals surface area contributed by atoms with Gasteiger partial charge in [-0.3, -0.25) is 18.1 Å². The summed E-state index contributed by atoms with van der Waals surface area (Å²) in [5.41, 5.74) is 1.24. The van der Waals surface area contributed by atoms with Crippen LogP contribution in [0.1, 0.15) is 52.9 Å². The summed E-state index contributed by atoms with van der Waals surface area (Å²) in [6, 6.07) is 2.84. The molecule has 39 heavy (non-hydrogen) atoms. The van der Waals surface area contributed by atoms with Gasteiger partial charge in [0.2, 0.25) is 0 Å². The van der Waals surface area contributed by atoms with Crippen molar-refractivity contribution in [1.29, 1.82) is 0 Å². The Balaban J connectivity index is 0.000000391. The zero-order valence-corrected chi connectivity index (χ0v) is 28.4.